The largest absolute Gasteiger partial charge is 0.466 e. The van der Waals surface area contributed by atoms with E-state index < -0.39 is 0 Å². The Labute approximate surface area is 143 Å². The summed E-state index contributed by atoms with van der Waals surface area (Å²) in [6.45, 7) is 2.25. The Morgan fingerprint density at radius 2 is 1.29 bits per heavy atom. The minimum atomic E-state index is -0.273. The lowest BCUT2D eigenvalue weighted by Crippen LogP contribution is -2.32. The highest BCUT2D eigenvalue weighted by Crippen LogP contribution is 2.47. The monoisotopic (exact) mass is 324 g/mol. The van der Waals surface area contributed by atoms with Crippen molar-refractivity contribution < 1.29 is 9.53 Å². The van der Waals surface area contributed by atoms with Crippen LogP contribution in [0.15, 0.2) is 60.7 Å². The molecule has 0 aliphatic carbocycles. The normalized spacial score (nSPS) is 22.6. The van der Waals surface area contributed by atoms with Gasteiger partial charge in [-0.2, -0.15) is 0 Å². The molecule has 0 aromatic heterocycles. The Morgan fingerprint density at radius 1 is 0.875 bits per heavy atom. The van der Waals surface area contributed by atoms with Crippen LogP contribution in [0.3, 0.4) is 0 Å². The summed E-state index contributed by atoms with van der Waals surface area (Å²) in [4.78, 5) is 12.8. The molecular weight excluding hydrogens is 300 g/mol. The number of carbonyl (C=O) groups is 1. The Hall–Kier alpha value is -2.17. The lowest BCUT2D eigenvalue weighted by Gasteiger charge is -2.27. The molecule has 126 valence electrons. The van der Waals surface area contributed by atoms with Crippen LogP contribution < -0.4 is 0 Å². The van der Waals surface area contributed by atoms with Crippen molar-refractivity contribution in [3.05, 3.63) is 71.8 Å². The molecule has 1 fully saturated rings. The zero-order valence-electron chi connectivity index (χ0n) is 14.4. The standard InChI is InChI=1S/C20H24N2O2/c1-4-24-20(23)17-18(15-11-7-5-8-12-15)21(2)22(3)19(17)16-13-9-6-10-14-16/h5-14,17-19H,4H2,1-3H3/t18-,19-/m1/s1. The van der Waals surface area contributed by atoms with Gasteiger partial charge in [0.1, 0.15) is 0 Å². The molecule has 4 heteroatoms. The van der Waals surface area contributed by atoms with Gasteiger partial charge in [0.25, 0.3) is 0 Å². The fourth-order valence-electron chi connectivity index (χ4n) is 3.67. The Kier molecular flexibility index (Phi) is 4.97. The van der Waals surface area contributed by atoms with Crippen LogP contribution in [0.4, 0.5) is 0 Å². The molecule has 0 saturated carbocycles. The average Bonchev–Trinajstić information content (AvgIpc) is 2.88. The number of carbonyl (C=O) groups excluding carboxylic acids is 1. The number of benzene rings is 2. The highest BCUT2D eigenvalue weighted by molar-refractivity contribution is 5.75. The molecule has 2 aromatic carbocycles. The van der Waals surface area contributed by atoms with Gasteiger partial charge in [-0.1, -0.05) is 60.7 Å². The maximum absolute atomic E-state index is 12.8. The SMILES string of the molecule is CCOC(=O)C1[C@@H](c2ccccc2)N(C)N(C)[C@@H]1c1ccccc1. The molecule has 1 aliphatic rings. The number of rotatable bonds is 4. The Morgan fingerprint density at radius 3 is 1.67 bits per heavy atom. The van der Waals surface area contributed by atoms with E-state index in [9.17, 15) is 4.79 Å². The van der Waals surface area contributed by atoms with Crippen LogP contribution >= 0.6 is 0 Å². The fourth-order valence-corrected chi connectivity index (χ4v) is 3.67. The summed E-state index contributed by atoms with van der Waals surface area (Å²) in [7, 11) is 4.07. The summed E-state index contributed by atoms with van der Waals surface area (Å²) in [6.07, 6.45) is 0. The van der Waals surface area contributed by atoms with E-state index in [1.54, 1.807) is 0 Å². The summed E-state index contributed by atoms with van der Waals surface area (Å²) in [6, 6.07) is 20.3. The molecule has 1 heterocycles. The van der Waals surface area contributed by atoms with Crippen LogP contribution in [-0.4, -0.2) is 36.7 Å². The van der Waals surface area contributed by atoms with Crippen molar-refractivity contribution in [2.24, 2.45) is 5.92 Å². The first-order valence-electron chi connectivity index (χ1n) is 8.37. The van der Waals surface area contributed by atoms with Crippen molar-refractivity contribution in [2.45, 2.75) is 19.0 Å². The van der Waals surface area contributed by atoms with Gasteiger partial charge in [-0.25, -0.2) is 10.0 Å². The van der Waals surface area contributed by atoms with E-state index in [0.29, 0.717) is 6.61 Å². The van der Waals surface area contributed by atoms with Crippen LogP contribution in [0.2, 0.25) is 0 Å². The minimum Gasteiger partial charge on any atom is -0.466 e. The fraction of sp³-hybridized carbons (Fsp3) is 0.350. The van der Waals surface area contributed by atoms with E-state index in [2.05, 4.69) is 34.3 Å². The minimum absolute atomic E-state index is 0.0412. The third-order valence-corrected chi connectivity index (χ3v) is 4.82. The number of hydrogen-bond donors (Lipinski definition) is 0. The zero-order valence-corrected chi connectivity index (χ0v) is 14.4. The number of ether oxygens (including phenoxy) is 1. The van der Waals surface area contributed by atoms with E-state index >= 15 is 0 Å². The van der Waals surface area contributed by atoms with Gasteiger partial charge in [0.15, 0.2) is 0 Å². The molecule has 0 unspecified atom stereocenters. The van der Waals surface area contributed by atoms with Crippen LogP contribution in [0.1, 0.15) is 30.1 Å². The summed E-state index contributed by atoms with van der Waals surface area (Å²) >= 11 is 0. The van der Waals surface area contributed by atoms with E-state index in [0.717, 1.165) is 11.1 Å². The van der Waals surface area contributed by atoms with E-state index in [1.807, 2.05) is 57.4 Å². The van der Waals surface area contributed by atoms with Gasteiger partial charge in [-0.05, 0) is 18.1 Å². The van der Waals surface area contributed by atoms with Gasteiger partial charge >= 0.3 is 5.97 Å². The molecule has 2 atom stereocenters. The molecule has 1 saturated heterocycles. The van der Waals surface area contributed by atoms with Gasteiger partial charge in [0.2, 0.25) is 0 Å². The van der Waals surface area contributed by atoms with Gasteiger partial charge in [0, 0.05) is 14.1 Å². The Balaban J connectivity index is 2.06. The molecule has 0 spiro atoms. The second kappa shape index (κ2) is 7.16. The molecular formula is C20H24N2O2. The quantitative estimate of drug-likeness (QED) is 0.807. The number of nitrogens with zero attached hydrogens (tertiary/aromatic N) is 2. The van der Waals surface area contributed by atoms with E-state index in [-0.39, 0.29) is 24.0 Å². The summed E-state index contributed by atoms with van der Waals surface area (Å²) in [5, 5.41) is 4.29. The number of esters is 1. The highest BCUT2D eigenvalue weighted by atomic mass is 16.5. The van der Waals surface area contributed by atoms with Crippen LogP contribution in [-0.2, 0) is 9.53 Å². The second-order valence-corrected chi connectivity index (χ2v) is 6.14. The first-order valence-corrected chi connectivity index (χ1v) is 8.37. The molecule has 0 N–H and O–H groups in total. The third-order valence-electron chi connectivity index (χ3n) is 4.82. The van der Waals surface area contributed by atoms with Gasteiger partial charge in [-0.15, -0.1) is 0 Å². The Bertz CT molecular complexity index is 623. The molecule has 4 nitrogen and oxygen atoms in total. The maximum Gasteiger partial charge on any atom is 0.312 e. The third kappa shape index (κ3) is 2.95. The zero-order chi connectivity index (χ0) is 17.1. The average molecular weight is 324 g/mol. The first kappa shape index (κ1) is 16.7. The van der Waals surface area contributed by atoms with Gasteiger partial charge in [0.05, 0.1) is 24.6 Å². The number of hydrogen-bond acceptors (Lipinski definition) is 4. The van der Waals surface area contributed by atoms with Crippen molar-refractivity contribution >= 4 is 5.97 Å². The van der Waals surface area contributed by atoms with Crippen LogP contribution in [0.5, 0.6) is 0 Å². The lowest BCUT2D eigenvalue weighted by molar-refractivity contribution is -0.149. The van der Waals surface area contributed by atoms with Crippen molar-refractivity contribution in [3.63, 3.8) is 0 Å². The van der Waals surface area contributed by atoms with E-state index in [4.69, 9.17) is 4.74 Å². The van der Waals surface area contributed by atoms with Crippen molar-refractivity contribution in [2.75, 3.05) is 20.7 Å². The van der Waals surface area contributed by atoms with Crippen molar-refractivity contribution in [1.29, 1.82) is 0 Å². The molecule has 0 bridgehead atoms. The topological polar surface area (TPSA) is 32.8 Å². The molecule has 3 rings (SSSR count). The second-order valence-electron chi connectivity index (χ2n) is 6.14. The molecule has 0 amide bonds. The van der Waals surface area contributed by atoms with Crippen LogP contribution in [0, 0.1) is 5.92 Å². The van der Waals surface area contributed by atoms with E-state index in [1.165, 1.54) is 0 Å². The van der Waals surface area contributed by atoms with Gasteiger partial charge < -0.3 is 4.74 Å². The predicted molar refractivity (Wildman–Crippen MR) is 94.0 cm³/mol. The molecule has 1 aliphatic heterocycles. The molecule has 0 radical (unpaired) electrons. The highest BCUT2D eigenvalue weighted by Gasteiger charge is 2.50. The smallest absolute Gasteiger partial charge is 0.312 e. The summed E-state index contributed by atoms with van der Waals surface area (Å²) in [5.74, 6) is -0.416. The number of hydrazine groups is 1. The summed E-state index contributed by atoms with van der Waals surface area (Å²) < 4.78 is 5.43. The lowest BCUT2D eigenvalue weighted by atomic mass is 9.85. The molecule has 2 aromatic rings. The maximum atomic E-state index is 12.8. The van der Waals surface area contributed by atoms with Gasteiger partial charge in [-0.3, -0.25) is 4.79 Å². The predicted octanol–water partition coefficient (Wildman–Crippen LogP) is 3.44. The van der Waals surface area contributed by atoms with Crippen molar-refractivity contribution in [1.82, 2.24) is 10.0 Å². The first-order chi connectivity index (χ1) is 11.6. The van der Waals surface area contributed by atoms with Crippen LogP contribution in [0.25, 0.3) is 0 Å². The summed E-state index contributed by atoms with van der Waals surface area (Å²) in [5.41, 5.74) is 2.26. The molecule has 24 heavy (non-hydrogen) atoms. The van der Waals surface area contributed by atoms with Crippen molar-refractivity contribution in [3.8, 4) is 0 Å².